The van der Waals surface area contributed by atoms with Crippen LogP contribution in [0.25, 0.3) is 0 Å². The van der Waals surface area contributed by atoms with E-state index in [0.29, 0.717) is 0 Å². The quantitative estimate of drug-likeness (QED) is 0.289. The van der Waals surface area contributed by atoms with E-state index in [1.165, 1.54) is 0 Å². The van der Waals surface area contributed by atoms with Crippen molar-refractivity contribution in [2.45, 2.75) is 0 Å². The second kappa shape index (κ2) is 3.02. The van der Waals surface area contributed by atoms with E-state index in [0.717, 1.165) is 0 Å². The zero-order valence-corrected chi connectivity index (χ0v) is 8.57. The Labute approximate surface area is 63.9 Å². The predicted molar refractivity (Wildman–Crippen MR) is 19.4 cm³/mol. The Morgan fingerprint density at radius 3 is 0.889 bits per heavy atom. The van der Waals surface area contributed by atoms with Crippen LogP contribution >= 0.6 is 0 Å². The van der Waals surface area contributed by atoms with Gasteiger partial charge in [-0.15, -0.1) is 0 Å². The van der Waals surface area contributed by atoms with Crippen molar-refractivity contribution in [3.63, 3.8) is 0 Å². The molecule has 0 aliphatic rings. The average molecular weight is 226 g/mol. The van der Waals surface area contributed by atoms with Crippen LogP contribution in [-0.2, 0) is 37.8 Å². The maximum atomic E-state index is 9.20. The minimum Gasteiger partial charge on any atom is -0.736 e. The fraction of sp³-hybridized carbons (Fsp3) is 0. The summed E-state index contributed by atoms with van der Waals surface area (Å²) >= 11 is 0. The molecule has 0 spiro atoms. The third kappa shape index (κ3) is 3.93. The molecule has 0 saturated heterocycles. The van der Waals surface area contributed by atoms with Crippen LogP contribution < -0.4 is 0 Å². The normalized spacial score (nSPS) is 12.2. The fourth-order valence-electron chi connectivity index (χ4n) is 0. The first-order valence-electron chi connectivity index (χ1n) is 1.17. The van der Waals surface area contributed by atoms with E-state index >= 15 is 0 Å². The van der Waals surface area contributed by atoms with Crippen molar-refractivity contribution in [2.75, 3.05) is 0 Å². The molecule has 9 heavy (non-hydrogen) atoms. The smallest absolute Gasteiger partial charge is 0.736 e. The molecule has 50 valence electrons. The molecule has 0 atom stereocenters. The molecule has 0 saturated carbocycles. The summed E-state index contributed by atoms with van der Waals surface area (Å²) < 4.78 is 55.2. The zero-order chi connectivity index (χ0) is 7.00. The number of rotatable bonds is 1. The summed E-state index contributed by atoms with van der Waals surface area (Å²) in [6, 6.07) is 0. The van der Waals surface area contributed by atoms with Gasteiger partial charge in [-0.2, -0.15) is 0 Å². The van der Waals surface area contributed by atoms with Crippen LogP contribution in [0.15, 0.2) is 0 Å². The summed E-state index contributed by atoms with van der Waals surface area (Å²) in [7, 11) is -11.3. The Morgan fingerprint density at radius 2 is 0.889 bits per heavy atom. The first-order valence-corrected chi connectivity index (χ1v) is 4.50. The van der Waals surface area contributed by atoms with Crippen molar-refractivity contribution in [3.05, 3.63) is 0 Å². The minimum atomic E-state index is -5.67. The van der Waals surface area contributed by atoms with Crippen LogP contribution in [-0.4, -0.2) is 25.9 Å². The minimum absolute atomic E-state index is 0. The van der Waals surface area contributed by atoms with E-state index < -0.39 is 18.3 Å². The molecule has 0 aliphatic carbocycles. The van der Waals surface area contributed by atoms with Gasteiger partial charge in [0.05, 0.1) is 0 Å². The standard InChI is InChI=1S/H2O6S2.Zn/c1-7(2,3)8(4,5)6;/h(H,1,2,3)(H,4,5,6);/q;+2/p-2. The second-order valence-electron chi connectivity index (χ2n) is 0.816. The van der Waals surface area contributed by atoms with E-state index in [1.54, 1.807) is 0 Å². The zero-order valence-electron chi connectivity index (χ0n) is 3.97. The van der Waals surface area contributed by atoms with Gasteiger partial charge >= 0.3 is 19.5 Å². The van der Waals surface area contributed by atoms with Gasteiger partial charge in [-0.25, -0.2) is 16.8 Å². The van der Waals surface area contributed by atoms with Crippen molar-refractivity contribution >= 4 is 18.3 Å². The molecule has 0 bridgehead atoms. The molecular weight excluding hydrogens is 226 g/mol. The summed E-state index contributed by atoms with van der Waals surface area (Å²) in [5.41, 5.74) is 0. The van der Waals surface area contributed by atoms with Crippen LogP contribution in [0.4, 0.5) is 0 Å². The van der Waals surface area contributed by atoms with Crippen LogP contribution in [0.2, 0.25) is 0 Å². The van der Waals surface area contributed by atoms with E-state index in [4.69, 9.17) is 0 Å². The van der Waals surface area contributed by atoms with Crippen molar-refractivity contribution < 1.29 is 45.4 Å². The maximum absolute atomic E-state index is 9.20. The average Bonchev–Trinajstić information content (AvgIpc) is 1.25. The third-order valence-electron chi connectivity index (χ3n) is 0.250. The number of hydrogen-bond acceptors (Lipinski definition) is 6. The molecule has 0 aliphatic heterocycles. The molecule has 0 aromatic heterocycles. The predicted octanol–water partition coefficient (Wildman–Crippen LogP) is -2.01. The number of hydrogen-bond donors (Lipinski definition) is 0. The molecular formula is O6S2Zn. The van der Waals surface area contributed by atoms with Gasteiger partial charge in [-0.1, -0.05) is 0 Å². The summed E-state index contributed by atoms with van der Waals surface area (Å²) in [5, 5.41) is 0. The van der Waals surface area contributed by atoms with Gasteiger partial charge in [-0.3, -0.25) is 0 Å². The van der Waals surface area contributed by atoms with E-state index in [9.17, 15) is 25.9 Å². The van der Waals surface area contributed by atoms with Crippen molar-refractivity contribution in [1.82, 2.24) is 0 Å². The Kier molecular flexibility index (Phi) is 4.08. The van der Waals surface area contributed by atoms with Gasteiger partial charge in [0.1, 0.15) is 0 Å². The monoisotopic (exact) mass is 224 g/mol. The molecule has 9 heteroatoms. The Morgan fingerprint density at radius 1 is 0.778 bits per heavy atom. The summed E-state index contributed by atoms with van der Waals surface area (Å²) in [6.07, 6.45) is 0. The second-order valence-corrected chi connectivity index (χ2v) is 4.90. The largest absolute Gasteiger partial charge is 2.00 e. The van der Waals surface area contributed by atoms with E-state index in [1.807, 2.05) is 0 Å². The first kappa shape index (κ1) is 12.2. The van der Waals surface area contributed by atoms with Crippen LogP contribution in [0, 0.1) is 0 Å². The van der Waals surface area contributed by atoms with E-state index in [2.05, 4.69) is 0 Å². The molecule has 0 aromatic rings. The molecule has 0 fully saturated rings. The molecule has 0 heterocycles. The van der Waals surface area contributed by atoms with Crippen molar-refractivity contribution in [3.8, 4) is 0 Å². The van der Waals surface area contributed by atoms with Gasteiger partial charge in [0.15, 0.2) is 18.3 Å². The third-order valence-corrected chi connectivity index (χ3v) is 2.25. The fourth-order valence-corrected chi connectivity index (χ4v) is 0. The Bertz CT molecular complexity index is 223. The van der Waals surface area contributed by atoms with Gasteiger partial charge in [0, 0.05) is 0 Å². The maximum Gasteiger partial charge on any atom is 2.00 e. The molecule has 0 unspecified atom stereocenters. The molecule has 0 amide bonds. The first-order chi connectivity index (χ1) is 3.25. The molecule has 0 rings (SSSR count). The van der Waals surface area contributed by atoms with Gasteiger partial charge in [-0.05, 0) is 0 Å². The van der Waals surface area contributed by atoms with Crippen molar-refractivity contribution in [2.24, 2.45) is 0 Å². The Balaban J connectivity index is 0. The molecule has 0 N–H and O–H groups in total. The topological polar surface area (TPSA) is 114 Å². The van der Waals surface area contributed by atoms with Gasteiger partial charge < -0.3 is 9.11 Å². The van der Waals surface area contributed by atoms with Crippen LogP contribution in [0.1, 0.15) is 0 Å². The van der Waals surface area contributed by atoms with Gasteiger partial charge in [0.2, 0.25) is 0 Å². The molecule has 0 aromatic carbocycles. The molecule has 0 radical (unpaired) electrons. The van der Waals surface area contributed by atoms with Crippen molar-refractivity contribution in [1.29, 1.82) is 0 Å². The van der Waals surface area contributed by atoms with Crippen LogP contribution in [0.3, 0.4) is 0 Å². The SMILES string of the molecule is O=S(=O)([O-])S(=O)(=O)[O-].[Zn+2]. The van der Waals surface area contributed by atoms with E-state index in [-0.39, 0.29) is 19.5 Å². The summed E-state index contributed by atoms with van der Waals surface area (Å²) in [6.45, 7) is 0. The summed E-state index contributed by atoms with van der Waals surface area (Å²) in [4.78, 5) is 0. The summed E-state index contributed by atoms with van der Waals surface area (Å²) in [5.74, 6) is 0. The van der Waals surface area contributed by atoms with Crippen LogP contribution in [0.5, 0.6) is 0 Å². The van der Waals surface area contributed by atoms with Gasteiger partial charge in [0.25, 0.3) is 0 Å². The molecule has 6 nitrogen and oxygen atoms in total. The Hall–Kier alpha value is 0.443.